The molecule has 0 unspecified atom stereocenters. The van der Waals surface area contributed by atoms with E-state index >= 15 is 0 Å². The summed E-state index contributed by atoms with van der Waals surface area (Å²) in [5, 5.41) is 12.5. The maximum absolute atomic E-state index is 9.12. The fraction of sp³-hybridized carbons (Fsp3) is 0.636. The standard InChI is InChI=1S/C11H17N3O/c1-8-13-3-2-10(14-8)7-12-6-9-4-11(15)5-9/h2-3,9,11-12,15H,4-7H2,1H3. The van der Waals surface area contributed by atoms with E-state index in [-0.39, 0.29) is 6.10 Å². The van der Waals surface area contributed by atoms with Crippen molar-refractivity contribution in [2.75, 3.05) is 6.54 Å². The Balaban J connectivity index is 1.69. The maximum atomic E-state index is 9.12. The van der Waals surface area contributed by atoms with E-state index in [4.69, 9.17) is 5.11 Å². The molecule has 2 rings (SSSR count). The van der Waals surface area contributed by atoms with Crippen LogP contribution in [0.2, 0.25) is 0 Å². The molecule has 4 heteroatoms. The quantitative estimate of drug-likeness (QED) is 0.761. The van der Waals surface area contributed by atoms with Crippen molar-refractivity contribution in [3.63, 3.8) is 0 Å². The van der Waals surface area contributed by atoms with Gasteiger partial charge in [-0.25, -0.2) is 9.97 Å². The van der Waals surface area contributed by atoms with Gasteiger partial charge in [-0.2, -0.15) is 0 Å². The molecule has 0 spiro atoms. The fourth-order valence-electron chi connectivity index (χ4n) is 1.88. The predicted octanol–water partition coefficient (Wildman–Crippen LogP) is 0.646. The van der Waals surface area contributed by atoms with Crippen LogP contribution in [0.15, 0.2) is 12.3 Å². The molecule has 82 valence electrons. The zero-order chi connectivity index (χ0) is 10.7. The van der Waals surface area contributed by atoms with Gasteiger partial charge in [0.25, 0.3) is 0 Å². The number of hydrogen-bond acceptors (Lipinski definition) is 4. The van der Waals surface area contributed by atoms with E-state index in [0.29, 0.717) is 5.92 Å². The first-order chi connectivity index (χ1) is 7.24. The first kappa shape index (κ1) is 10.5. The van der Waals surface area contributed by atoms with E-state index in [0.717, 1.165) is 37.4 Å². The molecule has 1 aromatic heterocycles. The van der Waals surface area contributed by atoms with Gasteiger partial charge in [0.1, 0.15) is 5.82 Å². The molecule has 0 atom stereocenters. The largest absolute Gasteiger partial charge is 0.393 e. The van der Waals surface area contributed by atoms with Crippen LogP contribution in [0.1, 0.15) is 24.4 Å². The summed E-state index contributed by atoms with van der Waals surface area (Å²) in [6.45, 7) is 3.65. The van der Waals surface area contributed by atoms with Crippen molar-refractivity contribution in [3.05, 3.63) is 23.8 Å². The maximum Gasteiger partial charge on any atom is 0.125 e. The summed E-state index contributed by atoms with van der Waals surface area (Å²) < 4.78 is 0. The Kier molecular flexibility index (Phi) is 3.28. The normalized spacial score (nSPS) is 24.9. The molecular formula is C11H17N3O. The van der Waals surface area contributed by atoms with Crippen LogP contribution in [0.25, 0.3) is 0 Å². The minimum atomic E-state index is -0.0573. The van der Waals surface area contributed by atoms with Crippen LogP contribution < -0.4 is 5.32 Å². The van der Waals surface area contributed by atoms with Crippen molar-refractivity contribution in [2.24, 2.45) is 5.92 Å². The molecule has 1 aromatic rings. The number of aromatic nitrogens is 2. The van der Waals surface area contributed by atoms with E-state index in [1.54, 1.807) is 6.20 Å². The predicted molar refractivity (Wildman–Crippen MR) is 57.2 cm³/mol. The van der Waals surface area contributed by atoms with Crippen LogP contribution in [-0.4, -0.2) is 27.7 Å². The highest BCUT2D eigenvalue weighted by Crippen LogP contribution is 2.26. The monoisotopic (exact) mass is 207 g/mol. The molecule has 4 nitrogen and oxygen atoms in total. The average Bonchev–Trinajstić information content (AvgIpc) is 2.15. The Morgan fingerprint density at radius 1 is 1.53 bits per heavy atom. The summed E-state index contributed by atoms with van der Waals surface area (Å²) in [4.78, 5) is 8.35. The molecular weight excluding hydrogens is 190 g/mol. The molecule has 1 aliphatic carbocycles. The number of nitrogens with zero attached hydrogens (tertiary/aromatic N) is 2. The Morgan fingerprint density at radius 2 is 2.33 bits per heavy atom. The molecule has 0 bridgehead atoms. The Labute approximate surface area is 89.8 Å². The molecule has 2 N–H and O–H groups in total. The summed E-state index contributed by atoms with van der Waals surface area (Å²) in [5.74, 6) is 1.45. The third-order valence-corrected chi connectivity index (χ3v) is 2.78. The van der Waals surface area contributed by atoms with Gasteiger partial charge in [0.05, 0.1) is 11.8 Å². The van der Waals surface area contributed by atoms with E-state index in [1.807, 2.05) is 13.0 Å². The van der Waals surface area contributed by atoms with Crippen molar-refractivity contribution in [1.82, 2.24) is 15.3 Å². The second kappa shape index (κ2) is 4.68. The van der Waals surface area contributed by atoms with Crippen LogP contribution >= 0.6 is 0 Å². The fourth-order valence-corrected chi connectivity index (χ4v) is 1.88. The van der Waals surface area contributed by atoms with Crippen molar-refractivity contribution in [1.29, 1.82) is 0 Å². The summed E-state index contributed by atoms with van der Waals surface area (Å²) >= 11 is 0. The molecule has 0 radical (unpaired) electrons. The zero-order valence-electron chi connectivity index (χ0n) is 8.98. The number of aliphatic hydroxyl groups is 1. The molecule has 15 heavy (non-hydrogen) atoms. The lowest BCUT2D eigenvalue weighted by Gasteiger charge is -2.31. The van der Waals surface area contributed by atoms with Gasteiger partial charge in [-0.1, -0.05) is 0 Å². The smallest absolute Gasteiger partial charge is 0.125 e. The molecule has 1 saturated carbocycles. The number of nitrogens with one attached hydrogen (secondary N) is 1. The highest BCUT2D eigenvalue weighted by Gasteiger charge is 2.26. The number of aliphatic hydroxyl groups excluding tert-OH is 1. The van der Waals surface area contributed by atoms with Gasteiger partial charge in [-0.05, 0) is 38.3 Å². The summed E-state index contributed by atoms with van der Waals surface area (Å²) in [6.07, 6.45) is 3.61. The highest BCUT2D eigenvalue weighted by molar-refractivity contribution is 5.01. The van der Waals surface area contributed by atoms with Gasteiger partial charge in [-0.15, -0.1) is 0 Å². The Bertz CT molecular complexity index is 323. The van der Waals surface area contributed by atoms with Crippen molar-refractivity contribution < 1.29 is 5.11 Å². The van der Waals surface area contributed by atoms with Crippen LogP contribution in [-0.2, 0) is 6.54 Å². The van der Waals surface area contributed by atoms with Crippen LogP contribution in [0.3, 0.4) is 0 Å². The number of aryl methyl sites for hydroxylation is 1. The zero-order valence-corrected chi connectivity index (χ0v) is 8.98. The van der Waals surface area contributed by atoms with E-state index in [2.05, 4.69) is 15.3 Å². The van der Waals surface area contributed by atoms with Gasteiger partial charge in [0, 0.05) is 12.7 Å². The van der Waals surface area contributed by atoms with Gasteiger partial charge in [0.15, 0.2) is 0 Å². The van der Waals surface area contributed by atoms with Crippen molar-refractivity contribution in [3.8, 4) is 0 Å². The number of hydrogen-bond donors (Lipinski definition) is 2. The SMILES string of the molecule is Cc1nccc(CNCC2CC(O)C2)n1. The van der Waals surface area contributed by atoms with Crippen LogP contribution in [0.4, 0.5) is 0 Å². The Hall–Kier alpha value is -1.00. The lowest BCUT2D eigenvalue weighted by atomic mass is 9.82. The molecule has 1 fully saturated rings. The minimum Gasteiger partial charge on any atom is -0.393 e. The topological polar surface area (TPSA) is 58.0 Å². The number of rotatable bonds is 4. The Morgan fingerprint density at radius 3 is 3.00 bits per heavy atom. The summed E-state index contributed by atoms with van der Waals surface area (Å²) in [5.41, 5.74) is 1.03. The lowest BCUT2D eigenvalue weighted by molar-refractivity contribution is 0.0429. The minimum absolute atomic E-state index is 0.0573. The van der Waals surface area contributed by atoms with Crippen molar-refractivity contribution in [2.45, 2.75) is 32.4 Å². The lowest BCUT2D eigenvalue weighted by Crippen LogP contribution is -2.36. The van der Waals surface area contributed by atoms with Crippen LogP contribution in [0, 0.1) is 12.8 Å². The molecule has 0 saturated heterocycles. The summed E-state index contributed by atoms with van der Waals surface area (Å²) in [6, 6.07) is 1.93. The molecule has 0 aliphatic heterocycles. The molecule has 0 amide bonds. The van der Waals surface area contributed by atoms with E-state index in [9.17, 15) is 0 Å². The third-order valence-electron chi connectivity index (χ3n) is 2.78. The van der Waals surface area contributed by atoms with Crippen molar-refractivity contribution >= 4 is 0 Å². The van der Waals surface area contributed by atoms with Crippen LogP contribution in [0.5, 0.6) is 0 Å². The first-order valence-corrected chi connectivity index (χ1v) is 5.41. The second-order valence-electron chi connectivity index (χ2n) is 4.22. The highest BCUT2D eigenvalue weighted by atomic mass is 16.3. The first-order valence-electron chi connectivity index (χ1n) is 5.41. The molecule has 1 aliphatic rings. The van der Waals surface area contributed by atoms with E-state index < -0.39 is 0 Å². The van der Waals surface area contributed by atoms with E-state index in [1.165, 1.54) is 0 Å². The molecule has 1 heterocycles. The molecule has 0 aromatic carbocycles. The third kappa shape index (κ3) is 2.97. The second-order valence-corrected chi connectivity index (χ2v) is 4.22. The van der Waals surface area contributed by atoms with Gasteiger partial charge >= 0.3 is 0 Å². The van der Waals surface area contributed by atoms with Gasteiger partial charge in [-0.3, -0.25) is 0 Å². The van der Waals surface area contributed by atoms with Gasteiger partial charge < -0.3 is 10.4 Å². The summed E-state index contributed by atoms with van der Waals surface area (Å²) in [7, 11) is 0. The average molecular weight is 207 g/mol. The van der Waals surface area contributed by atoms with Gasteiger partial charge in [0.2, 0.25) is 0 Å².